The lowest BCUT2D eigenvalue weighted by Gasteiger charge is -2.08. The van der Waals surface area contributed by atoms with Gasteiger partial charge in [-0.15, -0.1) is 0 Å². The number of nitrogens with zero attached hydrogens (tertiary/aromatic N) is 5. The van der Waals surface area contributed by atoms with Crippen LogP contribution in [0.4, 0.5) is 5.95 Å². The zero-order valence-corrected chi connectivity index (χ0v) is 11.1. The summed E-state index contributed by atoms with van der Waals surface area (Å²) in [6.45, 7) is 5.14. The number of halogens is 1. The monoisotopic (exact) mass is 266 g/mol. The molecule has 0 radical (unpaired) electrons. The van der Waals surface area contributed by atoms with Gasteiger partial charge in [-0.1, -0.05) is 13.8 Å². The van der Waals surface area contributed by atoms with Gasteiger partial charge in [-0.25, -0.2) is 4.98 Å². The van der Waals surface area contributed by atoms with Crippen molar-refractivity contribution in [2.75, 3.05) is 11.9 Å². The van der Waals surface area contributed by atoms with Gasteiger partial charge in [0.2, 0.25) is 17.2 Å². The third-order valence-corrected chi connectivity index (χ3v) is 2.51. The van der Waals surface area contributed by atoms with Gasteiger partial charge in [0, 0.05) is 18.9 Å². The maximum absolute atomic E-state index is 5.87. The second-order valence-corrected chi connectivity index (χ2v) is 4.65. The smallest absolute Gasteiger partial charge is 0.241 e. The van der Waals surface area contributed by atoms with E-state index in [9.17, 15) is 0 Å². The lowest BCUT2D eigenvalue weighted by Crippen LogP contribution is -2.10. The second-order valence-electron chi connectivity index (χ2n) is 4.31. The van der Waals surface area contributed by atoms with Gasteiger partial charge in [0.1, 0.15) is 6.33 Å². The van der Waals surface area contributed by atoms with Crippen LogP contribution in [0.25, 0.3) is 5.95 Å². The average Bonchev–Trinajstić information content (AvgIpc) is 2.81. The molecule has 0 saturated heterocycles. The maximum atomic E-state index is 5.87. The van der Waals surface area contributed by atoms with E-state index in [1.165, 1.54) is 0 Å². The zero-order chi connectivity index (χ0) is 13.0. The maximum Gasteiger partial charge on any atom is 0.241 e. The van der Waals surface area contributed by atoms with Crippen molar-refractivity contribution in [1.82, 2.24) is 24.5 Å². The van der Waals surface area contributed by atoms with E-state index in [0.29, 0.717) is 17.8 Å². The summed E-state index contributed by atoms with van der Waals surface area (Å²) in [4.78, 5) is 16.3. The van der Waals surface area contributed by atoms with Crippen molar-refractivity contribution in [3.8, 4) is 5.95 Å². The van der Waals surface area contributed by atoms with Crippen LogP contribution in [0, 0.1) is 5.92 Å². The number of anilines is 1. The highest BCUT2D eigenvalue weighted by Gasteiger charge is 2.06. The Balaban J connectivity index is 2.12. The van der Waals surface area contributed by atoms with Gasteiger partial charge in [0.25, 0.3) is 0 Å². The molecule has 2 heterocycles. The Bertz CT molecular complexity index is 496. The largest absolute Gasteiger partial charge is 0.354 e. The molecular weight excluding hydrogens is 252 g/mol. The summed E-state index contributed by atoms with van der Waals surface area (Å²) in [5, 5.41) is 3.31. The van der Waals surface area contributed by atoms with E-state index in [2.05, 4.69) is 39.1 Å². The van der Waals surface area contributed by atoms with Crippen LogP contribution in [0.5, 0.6) is 0 Å². The molecule has 0 aliphatic heterocycles. The number of nitrogens with one attached hydrogen (secondary N) is 1. The molecule has 0 unspecified atom stereocenters. The zero-order valence-electron chi connectivity index (χ0n) is 10.3. The van der Waals surface area contributed by atoms with Crippen LogP contribution in [0.2, 0.25) is 5.28 Å². The molecule has 2 aromatic heterocycles. The van der Waals surface area contributed by atoms with Crippen molar-refractivity contribution in [2.24, 2.45) is 5.92 Å². The highest BCUT2D eigenvalue weighted by molar-refractivity contribution is 6.28. The Kier molecular flexibility index (Phi) is 4.09. The fraction of sp³-hybridized carbons (Fsp3) is 0.455. The molecule has 96 valence electrons. The Labute approximate surface area is 110 Å². The molecule has 0 fully saturated rings. The molecule has 0 saturated carbocycles. The van der Waals surface area contributed by atoms with Crippen molar-refractivity contribution in [2.45, 2.75) is 20.3 Å². The van der Waals surface area contributed by atoms with Gasteiger partial charge < -0.3 is 5.32 Å². The lowest BCUT2D eigenvalue weighted by molar-refractivity contribution is 0.605. The van der Waals surface area contributed by atoms with Crippen LogP contribution >= 0.6 is 11.6 Å². The molecule has 0 aliphatic rings. The molecule has 0 aromatic carbocycles. The standard InChI is InChI=1S/C11H15ClN6/c1-8(2)3-4-14-10-15-9(12)16-11(17-10)18-6-5-13-7-18/h5-8H,3-4H2,1-2H3,(H,14,15,16,17). The minimum absolute atomic E-state index is 0.167. The van der Waals surface area contributed by atoms with Crippen LogP contribution in [0.15, 0.2) is 18.7 Å². The molecule has 0 aliphatic carbocycles. The molecular formula is C11H15ClN6. The molecule has 6 nitrogen and oxygen atoms in total. The first-order valence-electron chi connectivity index (χ1n) is 5.79. The summed E-state index contributed by atoms with van der Waals surface area (Å²) in [5.41, 5.74) is 0. The molecule has 0 bridgehead atoms. The summed E-state index contributed by atoms with van der Waals surface area (Å²) in [5.74, 6) is 1.57. The molecule has 7 heteroatoms. The van der Waals surface area contributed by atoms with Gasteiger partial charge >= 0.3 is 0 Å². The fourth-order valence-corrected chi connectivity index (χ4v) is 1.54. The van der Waals surface area contributed by atoms with Gasteiger partial charge in [0.05, 0.1) is 0 Å². The molecule has 0 atom stereocenters. The van der Waals surface area contributed by atoms with Crippen molar-refractivity contribution in [3.63, 3.8) is 0 Å². The van der Waals surface area contributed by atoms with Crippen LogP contribution in [0.1, 0.15) is 20.3 Å². The van der Waals surface area contributed by atoms with Crippen molar-refractivity contribution in [3.05, 3.63) is 24.0 Å². The van der Waals surface area contributed by atoms with Crippen LogP contribution in [-0.4, -0.2) is 31.0 Å². The SMILES string of the molecule is CC(C)CCNc1nc(Cl)nc(-n2ccnc2)n1. The normalized spacial score (nSPS) is 10.9. The number of imidazole rings is 1. The minimum atomic E-state index is 0.167. The summed E-state index contributed by atoms with van der Waals surface area (Å²) in [6.07, 6.45) is 6.07. The topological polar surface area (TPSA) is 68.5 Å². The summed E-state index contributed by atoms with van der Waals surface area (Å²) in [7, 11) is 0. The van der Waals surface area contributed by atoms with Crippen LogP contribution in [0.3, 0.4) is 0 Å². The summed E-state index contributed by atoms with van der Waals surface area (Å²) in [6, 6.07) is 0. The third kappa shape index (κ3) is 3.40. The summed E-state index contributed by atoms with van der Waals surface area (Å²) < 4.78 is 1.68. The van der Waals surface area contributed by atoms with Crippen LogP contribution in [-0.2, 0) is 0 Å². The molecule has 2 aromatic rings. The first-order valence-corrected chi connectivity index (χ1v) is 6.16. The van der Waals surface area contributed by atoms with Gasteiger partial charge in [-0.3, -0.25) is 4.57 Å². The Morgan fingerprint density at radius 1 is 1.33 bits per heavy atom. The van der Waals surface area contributed by atoms with Gasteiger partial charge in [-0.05, 0) is 23.9 Å². The van der Waals surface area contributed by atoms with Crippen molar-refractivity contribution >= 4 is 17.5 Å². The molecule has 0 amide bonds. The molecule has 1 N–H and O–H groups in total. The Morgan fingerprint density at radius 3 is 2.83 bits per heavy atom. The molecule has 0 spiro atoms. The van der Waals surface area contributed by atoms with E-state index >= 15 is 0 Å². The van der Waals surface area contributed by atoms with E-state index in [1.807, 2.05) is 0 Å². The predicted octanol–water partition coefficient (Wildman–Crippen LogP) is 2.17. The predicted molar refractivity (Wildman–Crippen MR) is 69.9 cm³/mol. The van der Waals surface area contributed by atoms with E-state index in [0.717, 1.165) is 13.0 Å². The van der Waals surface area contributed by atoms with E-state index in [1.54, 1.807) is 23.3 Å². The number of hydrogen-bond acceptors (Lipinski definition) is 5. The second kappa shape index (κ2) is 5.77. The summed E-state index contributed by atoms with van der Waals surface area (Å²) >= 11 is 5.87. The number of aromatic nitrogens is 5. The first-order chi connectivity index (χ1) is 8.65. The van der Waals surface area contributed by atoms with E-state index in [4.69, 9.17) is 11.6 Å². The average molecular weight is 267 g/mol. The van der Waals surface area contributed by atoms with Gasteiger partial charge in [-0.2, -0.15) is 15.0 Å². The van der Waals surface area contributed by atoms with E-state index in [-0.39, 0.29) is 5.28 Å². The minimum Gasteiger partial charge on any atom is -0.354 e. The number of rotatable bonds is 5. The quantitative estimate of drug-likeness (QED) is 0.898. The number of hydrogen-bond donors (Lipinski definition) is 1. The highest BCUT2D eigenvalue weighted by Crippen LogP contribution is 2.10. The lowest BCUT2D eigenvalue weighted by atomic mass is 10.1. The van der Waals surface area contributed by atoms with Crippen molar-refractivity contribution < 1.29 is 0 Å². The highest BCUT2D eigenvalue weighted by atomic mass is 35.5. The fourth-order valence-electron chi connectivity index (χ4n) is 1.38. The first kappa shape index (κ1) is 12.8. The van der Waals surface area contributed by atoms with Crippen LogP contribution < -0.4 is 5.32 Å². The molecule has 18 heavy (non-hydrogen) atoms. The van der Waals surface area contributed by atoms with Crippen molar-refractivity contribution in [1.29, 1.82) is 0 Å². The Hall–Kier alpha value is -1.69. The Morgan fingerprint density at radius 2 is 2.17 bits per heavy atom. The van der Waals surface area contributed by atoms with E-state index < -0.39 is 0 Å². The molecule has 2 rings (SSSR count). The third-order valence-electron chi connectivity index (χ3n) is 2.34. The van der Waals surface area contributed by atoms with Gasteiger partial charge in [0.15, 0.2) is 0 Å².